The number of hydrogen-bond donors (Lipinski definition) is 3. The van der Waals surface area contributed by atoms with Crippen LogP contribution in [0.1, 0.15) is 42.5 Å². The van der Waals surface area contributed by atoms with E-state index in [0.717, 1.165) is 32.1 Å². The number of alkyl halides is 2. The number of halogens is 2. The van der Waals surface area contributed by atoms with E-state index in [9.17, 15) is 18.4 Å². The van der Waals surface area contributed by atoms with Gasteiger partial charge in [0, 0.05) is 17.2 Å². The molecule has 0 spiro atoms. The summed E-state index contributed by atoms with van der Waals surface area (Å²) < 4.78 is 26.2. The molecule has 2 rings (SSSR count). The van der Waals surface area contributed by atoms with Gasteiger partial charge < -0.3 is 16.4 Å². The monoisotopic (exact) mass is 339 g/mol. The van der Waals surface area contributed by atoms with Gasteiger partial charge in [-0.1, -0.05) is 25.3 Å². The van der Waals surface area contributed by atoms with Gasteiger partial charge in [0.25, 0.3) is 11.8 Å². The molecule has 1 aliphatic rings. The van der Waals surface area contributed by atoms with Crippen LogP contribution in [-0.4, -0.2) is 30.8 Å². The normalized spacial score (nSPS) is 15.8. The molecule has 0 unspecified atom stereocenters. The minimum absolute atomic E-state index is 0.000483. The molecule has 1 saturated carbocycles. The molecular formula is C17H23F2N3O2. The lowest BCUT2D eigenvalue weighted by Gasteiger charge is -2.21. The van der Waals surface area contributed by atoms with Crippen LogP contribution in [-0.2, 0) is 4.79 Å². The minimum atomic E-state index is -3.14. The molecule has 0 bridgehead atoms. The smallest absolute Gasteiger partial charge is 0.277 e. The summed E-state index contributed by atoms with van der Waals surface area (Å²) in [5, 5.41) is 4.96. The van der Waals surface area contributed by atoms with Crippen molar-refractivity contribution in [3.8, 4) is 0 Å². The van der Waals surface area contributed by atoms with Crippen molar-refractivity contribution in [2.24, 2.45) is 11.7 Å². The summed E-state index contributed by atoms with van der Waals surface area (Å²) in [4.78, 5) is 24.2. The van der Waals surface area contributed by atoms with E-state index in [1.807, 2.05) is 0 Å². The fourth-order valence-corrected chi connectivity index (χ4v) is 2.73. The van der Waals surface area contributed by atoms with Crippen LogP contribution in [0.25, 0.3) is 0 Å². The highest BCUT2D eigenvalue weighted by molar-refractivity contribution is 5.97. The lowest BCUT2D eigenvalue weighted by Crippen LogP contribution is -2.41. The van der Waals surface area contributed by atoms with E-state index in [-0.39, 0.29) is 17.4 Å². The van der Waals surface area contributed by atoms with E-state index in [1.54, 1.807) is 12.1 Å². The van der Waals surface area contributed by atoms with E-state index in [1.165, 1.54) is 12.1 Å². The van der Waals surface area contributed by atoms with Gasteiger partial charge in [-0.3, -0.25) is 9.59 Å². The van der Waals surface area contributed by atoms with Gasteiger partial charge in [-0.05, 0) is 31.0 Å². The first-order valence-corrected chi connectivity index (χ1v) is 8.18. The van der Waals surface area contributed by atoms with Gasteiger partial charge in [0.1, 0.15) is 0 Å². The quantitative estimate of drug-likeness (QED) is 0.744. The molecule has 0 aromatic heterocycles. The van der Waals surface area contributed by atoms with Gasteiger partial charge in [0.05, 0.1) is 13.1 Å². The van der Waals surface area contributed by atoms with Crippen molar-refractivity contribution in [1.29, 1.82) is 0 Å². The Balaban J connectivity index is 1.95. The van der Waals surface area contributed by atoms with Gasteiger partial charge in [-0.25, -0.2) is 8.78 Å². The van der Waals surface area contributed by atoms with Crippen molar-refractivity contribution in [3.05, 3.63) is 29.8 Å². The van der Waals surface area contributed by atoms with Gasteiger partial charge in [-0.15, -0.1) is 0 Å². The summed E-state index contributed by atoms with van der Waals surface area (Å²) in [5.74, 6) is -3.82. The zero-order valence-electron chi connectivity index (χ0n) is 13.5. The number of amides is 2. The van der Waals surface area contributed by atoms with Gasteiger partial charge in [-0.2, -0.15) is 0 Å². The lowest BCUT2D eigenvalue weighted by molar-refractivity contribution is -0.120. The highest BCUT2D eigenvalue weighted by Crippen LogP contribution is 2.25. The summed E-state index contributed by atoms with van der Waals surface area (Å²) in [6, 6.07) is 6.27. The molecule has 1 aromatic rings. The van der Waals surface area contributed by atoms with E-state index >= 15 is 0 Å². The molecule has 7 heteroatoms. The fraction of sp³-hybridized carbons (Fsp3) is 0.529. The van der Waals surface area contributed by atoms with Crippen molar-refractivity contribution >= 4 is 17.5 Å². The third kappa shape index (κ3) is 5.26. The number of anilines is 1. The molecule has 4 N–H and O–H groups in total. The predicted octanol–water partition coefficient (Wildman–Crippen LogP) is 2.53. The second-order valence-electron chi connectivity index (χ2n) is 6.15. The van der Waals surface area contributed by atoms with Crippen LogP contribution in [0.5, 0.6) is 0 Å². The van der Waals surface area contributed by atoms with Crippen LogP contribution in [0.4, 0.5) is 14.5 Å². The van der Waals surface area contributed by atoms with E-state index < -0.39 is 24.9 Å². The molecule has 1 aliphatic carbocycles. The van der Waals surface area contributed by atoms with Crippen molar-refractivity contribution in [3.63, 3.8) is 0 Å². The zero-order valence-corrected chi connectivity index (χ0v) is 13.5. The summed E-state index contributed by atoms with van der Waals surface area (Å²) in [7, 11) is 0. The largest absolute Gasteiger partial charge is 0.346 e. The summed E-state index contributed by atoms with van der Waals surface area (Å²) >= 11 is 0. The average molecular weight is 339 g/mol. The first-order valence-electron chi connectivity index (χ1n) is 8.18. The Labute approximate surface area is 140 Å². The third-order valence-corrected chi connectivity index (χ3v) is 4.17. The van der Waals surface area contributed by atoms with Crippen molar-refractivity contribution in [2.75, 3.05) is 18.4 Å². The highest BCUT2D eigenvalue weighted by Gasteiger charge is 2.27. The maximum absolute atomic E-state index is 13.1. The molecule has 5 nitrogen and oxygen atoms in total. The average Bonchev–Trinajstić information content (AvgIpc) is 2.60. The Morgan fingerprint density at radius 3 is 2.58 bits per heavy atom. The van der Waals surface area contributed by atoms with Gasteiger partial charge >= 0.3 is 0 Å². The number of nitrogens with one attached hydrogen (secondary N) is 2. The first-order chi connectivity index (χ1) is 11.4. The Hall–Kier alpha value is -2.02. The van der Waals surface area contributed by atoms with Crippen molar-refractivity contribution in [2.45, 2.75) is 38.0 Å². The number of hydrogen-bond acceptors (Lipinski definition) is 3. The molecule has 0 radical (unpaired) electrons. The number of carbonyl (C=O) groups is 2. The number of carbonyl (C=O) groups excluding carboxylic acids is 2. The second-order valence-corrected chi connectivity index (χ2v) is 6.15. The molecule has 0 heterocycles. The van der Waals surface area contributed by atoms with Gasteiger partial charge in [0.2, 0.25) is 5.91 Å². The summed E-state index contributed by atoms with van der Waals surface area (Å²) in [6.07, 6.45) is 5.01. The molecule has 0 atom stereocenters. The van der Waals surface area contributed by atoms with Crippen LogP contribution in [0.15, 0.2) is 24.3 Å². The van der Waals surface area contributed by atoms with Crippen LogP contribution in [0, 0.1) is 5.92 Å². The van der Waals surface area contributed by atoms with Crippen LogP contribution in [0.3, 0.4) is 0 Å². The summed E-state index contributed by atoms with van der Waals surface area (Å²) in [5.41, 5.74) is 5.63. The Morgan fingerprint density at radius 1 is 1.21 bits per heavy atom. The van der Waals surface area contributed by atoms with Crippen molar-refractivity contribution in [1.82, 2.24) is 5.32 Å². The maximum atomic E-state index is 13.1. The fourth-order valence-electron chi connectivity index (χ4n) is 2.73. The topological polar surface area (TPSA) is 84.2 Å². The van der Waals surface area contributed by atoms with E-state index in [2.05, 4.69) is 10.6 Å². The van der Waals surface area contributed by atoms with E-state index in [0.29, 0.717) is 5.69 Å². The Morgan fingerprint density at radius 2 is 1.92 bits per heavy atom. The first kappa shape index (κ1) is 18.3. The zero-order chi connectivity index (χ0) is 17.6. The number of nitrogens with two attached hydrogens (primary N) is 1. The lowest BCUT2D eigenvalue weighted by atomic mass is 9.88. The molecule has 0 saturated heterocycles. The second kappa shape index (κ2) is 8.19. The third-order valence-electron chi connectivity index (χ3n) is 4.17. The maximum Gasteiger partial charge on any atom is 0.277 e. The Bertz CT molecular complexity index is 587. The Kier molecular flexibility index (Phi) is 6.25. The molecule has 1 fully saturated rings. The molecule has 132 valence electrons. The number of rotatable bonds is 6. The van der Waals surface area contributed by atoms with E-state index in [4.69, 9.17) is 5.73 Å². The predicted molar refractivity (Wildman–Crippen MR) is 88.0 cm³/mol. The number of benzene rings is 1. The molecule has 1 aromatic carbocycles. The molecular weight excluding hydrogens is 316 g/mol. The molecule has 0 aliphatic heterocycles. The van der Waals surface area contributed by atoms with Crippen LogP contribution < -0.4 is 16.4 Å². The summed E-state index contributed by atoms with van der Waals surface area (Å²) in [6.45, 7) is -1.65. The highest BCUT2D eigenvalue weighted by atomic mass is 19.3. The van der Waals surface area contributed by atoms with Crippen LogP contribution in [0.2, 0.25) is 0 Å². The van der Waals surface area contributed by atoms with Crippen molar-refractivity contribution < 1.29 is 18.4 Å². The molecule has 24 heavy (non-hydrogen) atoms. The minimum Gasteiger partial charge on any atom is -0.346 e. The molecule has 2 amide bonds. The van der Waals surface area contributed by atoms with Gasteiger partial charge in [0.15, 0.2) is 0 Å². The van der Waals surface area contributed by atoms with Crippen LogP contribution >= 0.6 is 0 Å². The standard InChI is InChI=1S/C17H23F2N3O2/c18-17(19,10-20)11-21-15(23)13-7-4-8-14(9-13)22-16(24)12-5-2-1-3-6-12/h4,7-9,12H,1-3,5-6,10-11,20H2,(H,21,23)(H,22,24). The SMILES string of the molecule is NCC(F)(F)CNC(=O)c1cccc(NC(=O)C2CCCCC2)c1.